The highest BCUT2D eigenvalue weighted by Crippen LogP contribution is 2.42. The van der Waals surface area contributed by atoms with Crippen LogP contribution in [0.25, 0.3) is 0 Å². The van der Waals surface area contributed by atoms with Crippen LogP contribution in [0.3, 0.4) is 0 Å². The summed E-state index contributed by atoms with van der Waals surface area (Å²) in [6.07, 6.45) is 5.67. The molecule has 2 aliphatic carbocycles. The van der Waals surface area contributed by atoms with E-state index in [-0.39, 0.29) is 5.91 Å². The molecule has 1 aromatic rings. The summed E-state index contributed by atoms with van der Waals surface area (Å²) < 4.78 is 2.43. The first-order valence-electron chi connectivity index (χ1n) is 10.4. The minimum absolute atomic E-state index is 0.181. The maximum Gasteiger partial charge on any atom is 0.236 e. The molecule has 8 heteroatoms. The molecule has 150 valence electrons. The summed E-state index contributed by atoms with van der Waals surface area (Å²) in [5.41, 5.74) is 5.99. The van der Waals surface area contributed by atoms with Crippen LogP contribution in [0.15, 0.2) is 0 Å². The molecule has 3 aliphatic rings. The van der Waals surface area contributed by atoms with E-state index < -0.39 is 0 Å². The van der Waals surface area contributed by atoms with Gasteiger partial charge in [0.25, 0.3) is 0 Å². The van der Waals surface area contributed by atoms with E-state index >= 15 is 0 Å². The molecule has 2 saturated carbocycles. The second kappa shape index (κ2) is 7.85. The highest BCUT2D eigenvalue weighted by molar-refractivity contribution is 5.77. The van der Waals surface area contributed by atoms with Crippen LogP contribution in [0, 0.1) is 0 Å². The molecule has 1 aliphatic heterocycles. The Morgan fingerprint density at radius 2 is 1.81 bits per heavy atom. The monoisotopic (exact) mass is 375 g/mol. The standard InChI is InChI=1S/C19H33N7O/c1-23(2)18(27)13-25-7-3-6-24(8-9-25)12-17-21-22-19(14-10-15(20)11-14)26(17)16-4-5-16/h14-16H,3-13,20H2,1-2H3. The molecule has 0 unspecified atom stereocenters. The molecule has 1 amide bonds. The summed E-state index contributed by atoms with van der Waals surface area (Å²) in [5.74, 6) is 2.96. The number of nitrogens with two attached hydrogens (primary N) is 1. The summed E-state index contributed by atoms with van der Waals surface area (Å²) in [6.45, 7) is 5.32. The molecule has 1 saturated heterocycles. The molecule has 0 spiro atoms. The zero-order valence-electron chi connectivity index (χ0n) is 16.7. The summed E-state index contributed by atoms with van der Waals surface area (Å²) in [4.78, 5) is 18.4. The number of hydrogen-bond donors (Lipinski definition) is 1. The van der Waals surface area contributed by atoms with Crippen molar-refractivity contribution in [2.24, 2.45) is 5.73 Å². The lowest BCUT2D eigenvalue weighted by Crippen LogP contribution is -2.38. The second-order valence-electron chi connectivity index (χ2n) is 8.70. The Hall–Kier alpha value is -1.51. The van der Waals surface area contributed by atoms with Gasteiger partial charge in [-0.05, 0) is 45.2 Å². The average molecular weight is 376 g/mol. The highest BCUT2D eigenvalue weighted by atomic mass is 16.2. The molecule has 1 aromatic heterocycles. The van der Waals surface area contributed by atoms with E-state index in [4.69, 9.17) is 5.73 Å². The lowest BCUT2D eigenvalue weighted by Gasteiger charge is -2.32. The van der Waals surface area contributed by atoms with Gasteiger partial charge < -0.3 is 15.2 Å². The van der Waals surface area contributed by atoms with E-state index in [0.717, 1.165) is 57.8 Å². The number of hydrogen-bond acceptors (Lipinski definition) is 6. The zero-order chi connectivity index (χ0) is 19.0. The van der Waals surface area contributed by atoms with E-state index in [0.29, 0.717) is 24.5 Å². The molecule has 0 aromatic carbocycles. The van der Waals surface area contributed by atoms with Crippen molar-refractivity contribution in [3.63, 3.8) is 0 Å². The van der Waals surface area contributed by atoms with Crippen molar-refractivity contribution in [2.45, 2.75) is 56.7 Å². The fourth-order valence-electron chi connectivity index (χ4n) is 4.20. The minimum Gasteiger partial charge on any atom is -0.348 e. The van der Waals surface area contributed by atoms with E-state index in [1.807, 2.05) is 14.1 Å². The molecular formula is C19H33N7O. The lowest BCUT2D eigenvalue weighted by atomic mass is 9.80. The van der Waals surface area contributed by atoms with Crippen LogP contribution in [-0.4, -0.2) is 88.2 Å². The number of carbonyl (C=O) groups excluding carboxylic acids is 1. The topological polar surface area (TPSA) is 83.5 Å². The smallest absolute Gasteiger partial charge is 0.236 e. The fraction of sp³-hybridized carbons (Fsp3) is 0.842. The Balaban J connectivity index is 1.37. The molecule has 27 heavy (non-hydrogen) atoms. The molecule has 8 nitrogen and oxygen atoms in total. The third kappa shape index (κ3) is 4.33. The van der Waals surface area contributed by atoms with Gasteiger partial charge >= 0.3 is 0 Å². The van der Waals surface area contributed by atoms with Crippen LogP contribution in [-0.2, 0) is 11.3 Å². The van der Waals surface area contributed by atoms with Crippen LogP contribution >= 0.6 is 0 Å². The number of amides is 1. The van der Waals surface area contributed by atoms with Crippen LogP contribution in [0.4, 0.5) is 0 Å². The Morgan fingerprint density at radius 1 is 1.11 bits per heavy atom. The minimum atomic E-state index is 0.181. The number of aromatic nitrogens is 3. The maximum absolute atomic E-state index is 12.0. The Bertz CT molecular complexity index is 663. The van der Waals surface area contributed by atoms with Gasteiger partial charge in [0.15, 0.2) is 0 Å². The summed E-state index contributed by atoms with van der Waals surface area (Å²) in [7, 11) is 3.65. The SMILES string of the molecule is CN(C)C(=O)CN1CCCN(Cc2nnc(C3CC(N)C3)n2C2CC2)CC1. The maximum atomic E-state index is 12.0. The average Bonchev–Trinajstić information content (AvgIpc) is 3.39. The lowest BCUT2D eigenvalue weighted by molar-refractivity contribution is -0.129. The van der Waals surface area contributed by atoms with E-state index in [2.05, 4.69) is 24.6 Å². The highest BCUT2D eigenvalue weighted by Gasteiger charge is 2.37. The van der Waals surface area contributed by atoms with Gasteiger partial charge in [0.1, 0.15) is 11.6 Å². The van der Waals surface area contributed by atoms with Gasteiger partial charge in [-0.15, -0.1) is 10.2 Å². The fourth-order valence-corrected chi connectivity index (χ4v) is 4.20. The molecule has 0 atom stereocenters. The number of rotatable bonds is 6. The van der Waals surface area contributed by atoms with Gasteiger partial charge in [-0.25, -0.2) is 0 Å². The van der Waals surface area contributed by atoms with Crippen molar-refractivity contribution in [3.05, 3.63) is 11.6 Å². The second-order valence-corrected chi connectivity index (χ2v) is 8.70. The molecule has 0 radical (unpaired) electrons. The van der Waals surface area contributed by atoms with Crippen molar-refractivity contribution in [3.8, 4) is 0 Å². The van der Waals surface area contributed by atoms with Gasteiger partial charge in [-0.1, -0.05) is 0 Å². The molecule has 2 N–H and O–H groups in total. The number of carbonyl (C=O) groups is 1. The van der Waals surface area contributed by atoms with Gasteiger partial charge in [-0.3, -0.25) is 14.6 Å². The zero-order valence-corrected chi connectivity index (χ0v) is 16.7. The first-order valence-corrected chi connectivity index (χ1v) is 10.4. The van der Waals surface area contributed by atoms with E-state index in [1.165, 1.54) is 18.7 Å². The van der Waals surface area contributed by atoms with Crippen molar-refractivity contribution in [2.75, 3.05) is 46.8 Å². The van der Waals surface area contributed by atoms with Crippen molar-refractivity contribution in [1.29, 1.82) is 0 Å². The third-order valence-corrected chi connectivity index (χ3v) is 6.15. The van der Waals surface area contributed by atoms with Crippen molar-refractivity contribution < 1.29 is 4.79 Å². The molecule has 2 heterocycles. The number of likely N-dealkylation sites (N-methyl/N-ethyl adjacent to an activating group) is 1. The predicted octanol–water partition coefficient (Wildman–Crippen LogP) is 0.414. The number of nitrogens with zero attached hydrogens (tertiary/aromatic N) is 6. The van der Waals surface area contributed by atoms with E-state index in [1.54, 1.807) is 4.90 Å². The van der Waals surface area contributed by atoms with Crippen LogP contribution < -0.4 is 5.73 Å². The Morgan fingerprint density at radius 3 is 2.48 bits per heavy atom. The van der Waals surface area contributed by atoms with Gasteiger partial charge in [0, 0.05) is 45.2 Å². The normalized spacial score (nSPS) is 27.2. The largest absolute Gasteiger partial charge is 0.348 e. The predicted molar refractivity (Wildman–Crippen MR) is 103 cm³/mol. The first kappa shape index (κ1) is 18.8. The van der Waals surface area contributed by atoms with Crippen molar-refractivity contribution >= 4 is 5.91 Å². The van der Waals surface area contributed by atoms with Crippen LogP contribution in [0.2, 0.25) is 0 Å². The third-order valence-electron chi connectivity index (χ3n) is 6.15. The Kier molecular flexibility index (Phi) is 5.48. The molecule has 3 fully saturated rings. The summed E-state index contributed by atoms with van der Waals surface area (Å²) in [5, 5.41) is 9.14. The van der Waals surface area contributed by atoms with E-state index in [9.17, 15) is 4.79 Å². The van der Waals surface area contributed by atoms with Crippen molar-refractivity contribution in [1.82, 2.24) is 29.5 Å². The van der Waals surface area contributed by atoms with Gasteiger partial charge in [0.05, 0.1) is 13.1 Å². The van der Waals surface area contributed by atoms with Crippen LogP contribution in [0.1, 0.15) is 55.7 Å². The van der Waals surface area contributed by atoms with Gasteiger partial charge in [-0.2, -0.15) is 0 Å². The summed E-state index contributed by atoms with van der Waals surface area (Å²) in [6, 6.07) is 0.937. The van der Waals surface area contributed by atoms with Gasteiger partial charge in [0.2, 0.25) is 5.91 Å². The Labute approximate surface area is 161 Å². The molecule has 4 rings (SSSR count). The van der Waals surface area contributed by atoms with Crippen LogP contribution in [0.5, 0.6) is 0 Å². The molecular weight excluding hydrogens is 342 g/mol. The quantitative estimate of drug-likeness (QED) is 0.776. The first-order chi connectivity index (χ1) is 13.0. The molecule has 0 bridgehead atoms. The summed E-state index contributed by atoms with van der Waals surface area (Å²) >= 11 is 0.